The summed E-state index contributed by atoms with van der Waals surface area (Å²) in [6.45, 7) is 1.11. The van der Waals surface area contributed by atoms with E-state index in [1.54, 1.807) is 29.2 Å². The van der Waals surface area contributed by atoms with Crippen LogP contribution in [0.15, 0.2) is 48.5 Å². The van der Waals surface area contributed by atoms with Gasteiger partial charge in [0.2, 0.25) is 0 Å². The molecule has 2 aromatic carbocycles. The summed E-state index contributed by atoms with van der Waals surface area (Å²) in [5.74, 6) is -0.316. The van der Waals surface area contributed by atoms with Gasteiger partial charge in [0.05, 0.1) is 6.10 Å². The van der Waals surface area contributed by atoms with Gasteiger partial charge in [0.25, 0.3) is 5.91 Å². The summed E-state index contributed by atoms with van der Waals surface area (Å²) in [6.07, 6.45) is 0.718. The number of phenolic OH excluding ortho intramolecular Hbond substituents is 1. The van der Waals surface area contributed by atoms with Gasteiger partial charge in [-0.15, -0.1) is 0 Å². The molecule has 1 atom stereocenters. The molecule has 5 heteroatoms. The number of hydrogen-bond acceptors (Lipinski definition) is 3. The Kier molecular flexibility index (Phi) is 4.81. The first-order valence-corrected chi connectivity index (χ1v) is 8.06. The molecule has 126 valence electrons. The highest BCUT2D eigenvalue weighted by molar-refractivity contribution is 5.94. The summed E-state index contributed by atoms with van der Waals surface area (Å²) in [4.78, 5) is 14.2. The molecule has 24 heavy (non-hydrogen) atoms. The quantitative estimate of drug-likeness (QED) is 0.909. The molecule has 1 fully saturated rings. The van der Waals surface area contributed by atoms with Crippen LogP contribution in [0.5, 0.6) is 5.75 Å². The minimum absolute atomic E-state index is 0.0451. The van der Waals surface area contributed by atoms with Crippen molar-refractivity contribution in [3.63, 3.8) is 0 Å². The van der Waals surface area contributed by atoms with Gasteiger partial charge in [-0.1, -0.05) is 18.2 Å². The first-order valence-electron chi connectivity index (χ1n) is 8.06. The van der Waals surface area contributed by atoms with Crippen LogP contribution in [0.4, 0.5) is 4.39 Å². The number of nitrogens with zero attached hydrogens (tertiary/aromatic N) is 1. The van der Waals surface area contributed by atoms with Crippen LogP contribution in [0.1, 0.15) is 34.9 Å². The fourth-order valence-corrected chi connectivity index (χ4v) is 3.17. The first kappa shape index (κ1) is 16.5. The third-order valence-corrected chi connectivity index (χ3v) is 4.58. The zero-order valence-corrected chi connectivity index (χ0v) is 13.2. The summed E-state index contributed by atoms with van der Waals surface area (Å²) in [6, 6.07) is 12.2. The number of likely N-dealkylation sites (tertiary alicyclic amines) is 1. The lowest BCUT2D eigenvalue weighted by Crippen LogP contribution is -2.39. The Labute approximate surface area is 140 Å². The van der Waals surface area contributed by atoms with Crippen LogP contribution < -0.4 is 0 Å². The van der Waals surface area contributed by atoms with Crippen molar-refractivity contribution < 1.29 is 19.4 Å². The van der Waals surface area contributed by atoms with Crippen LogP contribution in [-0.2, 0) is 0 Å². The van der Waals surface area contributed by atoms with E-state index in [2.05, 4.69) is 0 Å². The van der Waals surface area contributed by atoms with Gasteiger partial charge in [0.15, 0.2) is 0 Å². The molecule has 0 bridgehead atoms. The Morgan fingerprint density at radius 1 is 1.12 bits per heavy atom. The Hall–Kier alpha value is -2.40. The Morgan fingerprint density at radius 3 is 2.42 bits per heavy atom. The van der Waals surface area contributed by atoms with Crippen LogP contribution in [0.2, 0.25) is 0 Å². The van der Waals surface area contributed by atoms with Crippen LogP contribution in [0.3, 0.4) is 0 Å². The Morgan fingerprint density at radius 2 is 1.79 bits per heavy atom. The van der Waals surface area contributed by atoms with E-state index in [0.717, 1.165) is 0 Å². The maximum Gasteiger partial charge on any atom is 0.253 e. The Balaban J connectivity index is 1.61. The van der Waals surface area contributed by atoms with E-state index >= 15 is 0 Å². The van der Waals surface area contributed by atoms with E-state index in [1.165, 1.54) is 24.3 Å². The van der Waals surface area contributed by atoms with Crippen molar-refractivity contribution in [3.05, 3.63) is 65.5 Å². The van der Waals surface area contributed by atoms with Crippen molar-refractivity contribution in [2.45, 2.75) is 18.9 Å². The van der Waals surface area contributed by atoms with Crippen molar-refractivity contribution in [2.24, 2.45) is 5.92 Å². The fraction of sp³-hybridized carbons (Fsp3) is 0.316. The topological polar surface area (TPSA) is 60.8 Å². The average molecular weight is 329 g/mol. The molecule has 2 N–H and O–H groups in total. The number of carbonyl (C=O) groups is 1. The SMILES string of the molecule is O=C(c1cccc(O)c1)N1CCC(C(O)c2ccc(F)cc2)CC1. The number of phenols is 1. The highest BCUT2D eigenvalue weighted by Crippen LogP contribution is 2.31. The number of amides is 1. The number of aromatic hydroxyl groups is 1. The van der Waals surface area contributed by atoms with E-state index < -0.39 is 6.10 Å². The van der Waals surface area contributed by atoms with E-state index in [9.17, 15) is 19.4 Å². The molecule has 1 amide bonds. The average Bonchev–Trinajstić information content (AvgIpc) is 2.61. The third-order valence-electron chi connectivity index (χ3n) is 4.58. The molecule has 1 unspecified atom stereocenters. The van der Waals surface area contributed by atoms with Crippen molar-refractivity contribution in [1.82, 2.24) is 4.90 Å². The lowest BCUT2D eigenvalue weighted by molar-refractivity contribution is 0.0462. The van der Waals surface area contributed by atoms with E-state index in [1.807, 2.05) is 0 Å². The molecule has 1 heterocycles. The standard InChI is InChI=1S/C19H20FNO3/c20-16-6-4-13(5-7-16)18(23)14-8-10-21(11-9-14)19(24)15-2-1-3-17(22)12-15/h1-7,12,14,18,22-23H,8-11H2. The first-order chi connectivity index (χ1) is 11.5. The lowest BCUT2D eigenvalue weighted by Gasteiger charge is -2.34. The van der Waals surface area contributed by atoms with Gasteiger partial charge in [-0.05, 0) is 54.7 Å². The van der Waals surface area contributed by atoms with Crippen molar-refractivity contribution in [3.8, 4) is 5.75 Å². The smallest absolute Gasteiger partial charge is 0.253 e. The van der Waals surface area contributed by atoms with Crippen LogP contribution in [0, 0.1) is 11.7 Å². The molecular weight excluding hydrogens is 309 g/mol. The van der Waals surface area contributed by atoms with Crippen LogP contribution in [-0.4, -0.2) is 34.1 Å². The molecule has 2 aromatic rings. The van der Waals surface area contributed by atoms with Gasteiger partial charge in [-0.25, -0.2) is 4.39 Å². The summed E-state index contributed by atoms with van der Waals surface area (Å²) >= 11 is 0. The monoisotopic (exact) mass is 329 g/mol. The molecule has 0 aromatic heterocycles. The van der Waals surface area contributed by atoms with Crippen molar-refractivity contribution in [1.29, 1.82) is 0 Å². The number of rotatable bonds is 3. The van der Waals surface area contributed by atoms with Crippen molar-refractivity contribution >= 4 is 5.91 Å². The fourth-order valence-electron chi connectivity index (χ4n) is 3.17. The number of aliphatic hydroxyl groups is 1. The number of halogens is 1. The molecule has 0 spiro atoms. The zero-order valence-electron chi connectivity index (χ0n) is 13.2. The summed E-state index contributed by atoms with van der Waals surface area (Å²) in [5.41, 5.74) is 1.17. The molecule has 4 nitrogen and oxygen atoms in total. The number of piperidine rings is 1. The molecular formula is C19H20FNO3. The largest absolute Gasteiger partial charge is 0.508 e. The zero-order chi connectivity index (χ0) is 17.1. The maximum atomic E-state index is 13.0. The van der Waals surface area contributed by atoms with E-state index in [4.69, 9.17) is 0 Å². The molecule has 0 aliphatic carbocycles. The van der Waals surface area contributed by atoms with Crippen LogP contribution >= 0.6 is 0 Å². The highest BCUT2D eigenvalue weighted by Gasteiger charge is 2.28. The summed E-state index contributed by atoms with van der Waals surface area (Å²) in [5, 5.41) is 19.9. The van der Waals surface area contributed by atoms with Gasteiger partial charge in [0, 0.05) is 18.7 Å². The van der Waals surface area contributed by atoms with Gasteiger partial charge in [0.1, 0.15) is 11.6 Å². The third kappa shape index (κ3) is 3.57. The number of hydrogen-bond donors (Lipinski definition) is 2. The van der Waals surface area contributed by atoms with Gasteiger partial charge in [-0.3, -0.25) is 4.79 Å². The van der Waals surface area contributed by atoms with E-state index in [-0.39, 0.29) is 23.4 Å². The number of aliphatic hydroxyl groups excluding tert-OH is 1. The molecule has 3 rings (SSSR count). The summed E-state index contributed by atoms with van der Waals surface area (Å²) < 4.78 is 13.0. The molecule has 1 aliphatic rings. The minimum Gasteiger partial charge on any atom is -0.508 e. The summed E-state index contributed by atoms with van der Waals surface area (Å²) in [7, 11) is 0. The minimum atomic E-state index is -0.649. The number of benzene rings is 2. The van der Waals surface area contributed by atoms with E-state index in [0.29, 0.717) is 37.1 Å². The molecule has 1 saturated heterocycles. The molecule has 0 saturated carbocycles. The van der Waals surface area contributed by atoms with Crippen molar-refractivity contribution in [2.75, 3.05) is 13.1 Å². The normalized spacial score (nSPS) is 16.8. The second-order valence-corrected chi connectivity index (χ2v) is 6.18. The second-order valence-electron chi connectivity index (χ2n) is 6.18. The predicted octanol–water partition coefficient (Wildman–Crippen LogP) is 3.12. The lowest BCUT2D eigenvalue weighted by atomic mass is 9.87. The van der Waals surface area contributed by atoms with Gasteiger partial charge >= 0.3 is 0 Å². The predicted molar refractivity (Wildman–Crippen MR) is 88.1 cm³/mol. The van der Waals surface area contributed by atoms with Crippen LogP contribution in [0.25, 0.3) is 0 Å². The second kappa shape index (κ2) is 7.01. The van der Waals surface area contributed by atoms with Gasteiger partial charge in [-0.2, -0.15) is 0 Å². The Bertz CT molecular complexity index is 709. The molecule has 0 radical (unpaired) electrons. The number of carbonyl (C=O) groups excluding carboxylic acids is 1. The molecule has 1 aliphatic heterocycles. The maximum absolute atomic E-state index is 13.0. The highest BCUT2D eigenvalue weighted by atomic mass is 19.1. The van der Waals surface area contributed by atoms with Gasteiger partial charge < -0.3 is 15.1 Å².